The first-order valence-electron chi connectivity index (χ1n) is 8.48. The molecule has 1 aliphatic rings. The molecule has 128 valence electrons. The fourth-order valence-corrected chi connectivity index (χ4v) is 3.18. The molecule has 2 N–H and O–H groups in total. The number of piperidine rings is 1. The molecule has 0 bridgehead atoms. The number of anilines is 1. The number of nitrogens with one attached hydrogen (secondary N) is 1. The second-order valence-corrected chi connectivity index (χ2v) is 6.37. The lowest BCUT2D eigenvalue weighted by Gasteiger charge is -2.34. The van der Waals surface area contributed by atoms with Crippen molar-refractivity contribution in [3.8, 4) is 0 Å². The summed E-state index contributed by atoms with van der Waals surface area (Å²) in [6.07, 6.45) is 3.16. The van der Waals surface area contributed by atoms with E-state index >= 15 is 0 Å². The summed E-state index contributed by atoms with van der Waals surface area (Å²) in [6, 6.07) is 11.3. The van der Waals surface area contributed by atoms with Crippen molar-refractivity contribution in [3.05, 3.63) is 54.0 Å². The molecule has 0 aliphatic carbocycles. The molecule has 0 saturated carbocycles. The van der Waals surface area contributed by atoms with Crippen molar-refractivity contribution in [2.75, 3.05) is 18.4 Å². The maximum Gasteiger partial charge on any atom is 0.255 e. The number of carbonyl (C=O) groups excluding carboxylic acids is 1. The molecule has 5 nitrogen and oxygen atoms in total. The van der Waals surface area contributed by atoms with Gasteiger partial charge in [-0.25, -0.2) is 0 Å². The van der Waals surface area contributed by atoms with Crippen LogP contribution in [0.1, 0.15) is 35.9 Å². The number of hydrogen-bond acceptors (Lipinski definition) is 4. The quantitative estimate of drug-likeness (QED) is 0.885. The van der Waals surface area contributed by atoms with Crippen LogP contribution in [0, 0.1) is 5.92 Å². The van der Waals surface area contributed by atoms with Gasteiger partial charge in [-0.1, -0.05) is 12.1 Å². The predicted octanol–water partition coefficient (Wildman–Crippen LogP) is 3.12. The minimum atomic E-state index is -0.382. The van der Waals surface area contributed by atoms with E-state index in [1.165, 1.54) is 0 Å². The van der Waals surface area contributed by atoms with Crippen LogP contribution in [0.15, 0.2) is 47.1 Å². The topological polar surface area (TPSA) is 65.7 Å². The van der Waals surface area contributed by atoms with Gasteiger partial charge in [0, 0.05) is 24.7 Å². The molecule has 1 amide bonds. The van der Waals surface area contributed by atoms with Gasteiger partial charge < -0.3 is 19.7 Å². The average Bonchev–Trinajstić information content (AvgIpc) is 3.13. The monoisotopic (exact) mass is 328 g/mol. The second-order valence-electron chi connectivity index (χ2n) is 6.37. The van der Waals surface area contributed by atoms with Crippen LogP contribution in [0.25, 0.3) is 0 Å². The number of carbonyl (C=O) groups is 1. The molecule has 0 radical (unpaired) electrons. The van der Waals surface area contributed by atoms with Gasteiger partial charge in [-0.2, -0.15) is 0 Å². The Labute approximate surface area is 142 Å². The van der Waals surface area contributed by atoms with E-state index < -0.39 is 0 Å². The van der Waals surface area contributed by atoms with Crippen LogP contribution in [0.5, 0.6) is 0 Å². The van der Waals surface area contributed by atoms with Crippen LogP contribution in [-0.4, -0.2) is 35.1 Å². The van der Waals surface area contributed by atoms with Gasteiger partial charge >= 0.3 is 0 Å². The summed E-state index contributed by atoms with van der Waals surface area (Å²) >= 11 is 0. The Bertz CT molecular complexity index is 667. The molecular weight excluding hydrogens is 304 g/mol. The minimum absolute atomic E-state index is 0.0166. The maximum atomic E-state index is 12.9. The number of likely N-dealkylation sites (tertiary alicyclic amines) is 1. The number of nitrogens with zero attached hydrogens (tertiary/aromatic N) is 1. The van der Waals surface area contributed by atoms with Crippen LogP contribution >= 0.6 is 0 Å². The van der Waals surface area contributed by atoms with Crippen molar-refractivity contribution in [1.82, 2.24) is 4.90 Å². The average molecular weight is 328 g/mol. The van der Waals surface area contributed by atoms with E-state index in [9.17, 15) is 9.90 Å². The molecule has 2 unspecified atom stereocenters. The SMILES string of the molecule is CC(O)C1CCCN(C(=O)c2ccccc2NCc2ccco2)C1. The first kappa shape index (κ1) is 16.6. The Morgan fingerprint density at radius 2 is 2.21 bits per heavy atom. The number of aliphatic hydroxyl groups is 1. The van der Waals surface area contributed by atoms with Gasteiger partial charge in [0.1, 0.15) is 5.76 Å². The molecule has 2 heterocycles. The van der Waals surface area contributed by atoms with Crippen LogP contribution < -0.4 is 5.32 Å². The molecule has 24 heavy (non-hydrogen) atoms. The Balaban J connectivity index is 1.72. The molecule has 1 aromatic carbocycles. The van der Waals surface area contributed by atoms with Crippen LogP contribution in [0.3, 0.4) is 0 Å². The van der Waals surface area contributed by atoms with Crippen LogP contribution in [0.4, 0.5) is 5.69 Å². The van der Waals surface area contributed by atoms with E-state index in [4.69, 9.17) is 4.42 Å². The molecule has 2 atom stereocenters. The minimum Gasteiger partial charge on any atom is -0.467 e. The van der Waals surface area contributed by atoms with E-state index in [0.29, 0.717) is 18.7 Å². The predicted molar refractivity (Wildman–Crippen MR) is 92.8 cm³/mol. The van der Waals surface area contributed by atoms with Crippen molar-refractivity contribution in [3.63, 3.8) is 0 Å². The summed E-state index contributed by atoms with van der Waals surface area (Å²) in [4.78, 5) is 14.8. The van der Waals surface area contributed by atoms with Crippen molar-refractivity contribution in [1.29, 1.82) is 0 Å². The number of rotatable bonds is 5. The highest BCUT2D eigenvalue weighted by molar-refractivity contribution is 5.99. The Hall–Kier alpha value is -2.27. The molecule has 3 rings (SSSR count). The number of benzene rings is 1. The number of para-hydroxylation sites is 1. The van der Waals surface area contributed by atoms with Gasteiger partial charge in [-0.05, 0) is 44.0 Å². The lowest BCUT2D eigenvalue weighted by Crippen LogP contribution is -2.43. The normalized spacial score (nSPS) is 19.1. The van der Waals surface area contributed by atoms with Crippen molar-refractivity contribution < 1.29 is 14.3 Å². The number of furan rings is 1. The van der Waals surface area contributed by atoms with E-state index in [1.54, 1.807) is 13.2 Å². The zero-order valence-corrected chi connectivity index (χ0v) is 13.9. The van der Waals surface area contributed by atoms with Gasteiger partial charge in [0.05, 0.1) is 24.5 Å². The Morgan fingerprint density at radius 1 is 1.38 bits per heavy atom. The maximum absolute atomic E-state index is 12.9. The number of hydrogen-bond donors (Lipinski definition) is 2. The lowest BCUT2D eigenvalue weighted by atomic mass is 9.93. The van der Waals surface area contributed by atoms with E-state index in [2.05, 4.69) is 5.32 Å². The molecule has 2 aromatic rings. The third-order valence-electron chi connectivity index (χ3n) is 4.62. The fourth-order valence-electron chi connectivity index (χ4n) is 3.18. The van der Waals surface area contributed by atoms with Gasteiger partial charge in [-0.15, -0.1) is 0 Å². The third kappa shape index (κ3) is 3.79. The zero-order chi connectivity index (χ0) is 16.9. The molecule has 1 fully saturated rings. The highest BCUT2D eigenvalue weighted by atomic mass is 16.3. The van der Waals surface area contributed by atoms with E-state index in [0.717, 1.165) is 30.8 Å². The fraction of sp³-hybridized carbons (Fsp3) is 0.421. The molecule has 1 aromatic heterocycles. The van der Waals surface area contributed by atoms with Gasteiger partial charge in [0.15, 0.2) is 0 Å². The summed E-state index contributed by atoms with van der Waals surface area (Å²) in [6.45, 7) is 3.70. The van der Waals surface area contributed by atoms with Crippen molar-refractivity contribution >= 4 is 11.6 Å². The zero-order valence-electron chi connectivity index (χ0n) is 13.9. The lowest BCUT2D eigenvalue weighted by molar-refractivity contribution is 0.0466. The molecule has 0 spiro atoms. The van der Waals surface area contributed by atoms with E-state index in [1.807, 2.05) is 41.3 Å². The van der Waals surface area contributed by atoms with Gasteiger partial charge in [0.2, 0.25) is 0 Å². The van der Waals surface area contributed by atoms with Crippen molar-refractivity contribution in [2.24, 2.45) is 5.92 Å². The molecule has 1 aliphatic heterocycles. The highest BCUT2D eigenvalue weighted by Crippen LogP contribution is 2.24. The largest absolute Gasteiger partial charge is 0.467 e. The van der Waals surface area contributed by atoms with Gasteiger partial charge in [0.25, 0.3) is 5.91 Å². The standard InChI is InChI=1S/C19H24N2O3/c1-14(22)15-6-4-10-21(13-15)19(23)17-8-2-3-9-18(17)20-12-16-7-5-11-24-16/h2-3,5,7-9,11,14-15,20,22H,4,6,10,12-13H2,1H3. The molecular formula is C19H24N2O3. The number of aliphatic hydroxyl groups excluding tert-OH is 1. The summed E-state index contributed by atoms with van der Waals surface area (Å²) < 4.78 is 5.33. The molecule has 5 heteroatoms. The van der Waals surface area contributed by atoms with E-state index in [-0.39, 0.29) is 17.9 Å². The second kappa shape index (κ2) is 7.53. The first-order valence-corrected chi connectivity index (χ1v) is 8.48. The number of amides is 1. The third-order valence-corrected chi connectivity index (χ3v) is 4.62. The summed E-state index contributed by atoms with van der Waals surface area (Å²) in [5.41, 5.74) is 1.47. The Kier molecular flexibility index (Phi) is 5.20. The van der Waals surface area contributed by atoms with Crippen molar-refractivity contribution in [2.45, 2.75) is 32.4 Å². The summed E-state index contributed by atoms with van der Waals surface area (Å²) in [5.74, 6) is 0.998. The molecule has 1 saturated heterocycles. The summed E-state index contributed by atoms with van der Waals surface area (Å²) in [5, 5.41) is 13.1. The van der Waals surface area contributed by atoms with Crippen LogP contribution in [-0.2, 0) is 6.54 Å². The smallest absolute Gasteiger partial charge is 0.255 e. The van der Waals surface area contributed by atoms with Crippen LogP contribution in [0.2, 0.25) is 0 Å². The first-order chi connectivity index (χ1) is 11.6. The Morgan fingerprint density at radius 3 is 2.96 bits per heavy atom. The van der Waals surface area contributed by atoms with Gasteiger partial charge in [-0.3, -0.25) is 4.79 Å². The highest BCUT2D eigenvalue weighted by Gasteiger charge is 2.28. The summed E-state index contributed by atoms with van der Waals surface area (Å²) in [7, 11) is 0.